The first-order valence-corrected chi connectivity index (χ1v) is 11.0. The van der Waals surface area contributed by atoms with Gasteiger partial charge in [0, 0.05) is 0 Å². The van der Waals surface area contributed by atoms with Gasteiger partial charge in [-0.05, 0) is 90.3 Å². The molecule has 0 spiro atoms. The molecule has 1 N–H and O–H groups in total. The Kier molecular flexibility index (Phi) is 6.32. The number of rotatable bonds is 5. The molecule has 0 bridgehead atoms. The van der Waals surface area contributed by atoms with E-state index in [2.05, 4.69) is 0 Å². The third-order valence-electron chi connectivity index (χ3n) is 5.18. The molecule has 0 saturated carbocycles. The van der Waals surface area contributed by atoms with Gasteiger partial charge in [0.05, 0.1) is 24.2 Å². The number of benzene rings is 3. The van der Waals surface area contributed by atoms with E-state index in [0.29, 0.717) is 16.6 Å². The maximum Gasteiger partial charge on any atom is 0.267 e. The molecule has 5 nitrogen and oxygen atoms in total. The largest absolute Gasteiger partial charge is 0.507 e. The summed E-state index contributed by atoms with van der Waals surface area (Å²) in [7, 11) is 1.63. The summed E-state index contributed by atoms with van der Waals surface area (Å²) < 4.78 is 5.24. The number of carbonyl (C=O) groups is 1. The van der Waals surface area contributed by atoms with Crippen LogP contribution in [0.4, 0.5) is 5.69 Å². The molecule has 1 aliphatic rings. The topological polar surface area (TPSA) is 62.1 Å². The second-order valence-corrected chi connectivity index (χ2v) is 8.59. The third kappa shape index (κ3) is 4.70. The van der Waals surface area contributed by atoms with Crippen LogP contribution in [0.3, 0.4) is 0 Å². The lowest BCUT2D eigenvalue weighted by Crippen LogP contribution is -2.28. The van der Waals surface area contributed by atoms with E-state index in [0.717, 1.165) is 33.7 Å². The van der Waals surface area contributed by atoms with E-state index in [-0.39, 0.29) is 11.7 Å². The number of methoxy groups -OCH3 is 1. The molecule has 3 aromatic rings. The first-order chi connectivity index (χ1) is 15.4. The summed E-state index contributed by atoms with van der Waals surface area (Å²) in [6.07, 6.45) is 1.86. The van der Waals surface area contributed by atoms with Crippen LogP contribution in [0.1, 0.15) is 22.3 Å². The molecule has 32 heavy (non-hydrogen) atoms. The van der Waals surface area contributed by atoms with Gasteiger partial charge in [-0.3, -0.25) is 9.69 Å². The van der Waals surface area contributed by atoms with Crippen LogP contribution in [-0.2, 0) is 11.3 Å². The molecule has 0 aliphatic carbocycles. The molecular formula is C26H24N2O3S. The van der Waals surface area contributed by atoms with Crippen molar-refractivity contribution in [2.45, 2.75) is 20.4 Å². The maximum absolute atomic E-state index is 13.4. The standard InChI is InChI=1S/C26H24N2O3S/c1-17-13-20(14-18(2)24(17)29)15-23-25(30)28(16-19-9-11-22(31-3)12-10-19)26(32-23)27-21-7-5-4-6-8-21/h4-15,29H,16H2,1-3H3/b23-15-,27-26?. The third-order valence-corrected chi connectivity index (χ3v) is 6.19. The molecule has 4 rings (SSSR count). The minimum Gasteiger partial charge on any atom is -0.507 e. The van der Waals surface area contributed by atoms with E-state index in [1.165, 1.54) is 11.8 Å². The predicted octanol–water partition coefficient (Wildman–Crippen LogP) is 5.82. The van der Waals surface area contributed by atoms with Gasteiger partial charge in [0.1, 0.15) is 11.5 Å². The second-order valence-electron chi connectivity index (χ2n) is 7.58. The van der Waals surface area contributed by atoms with Gasteiger partial charge in [-0.15, -0.1) is 0 Å². The maximum atomic E-state index is 13.4. The number of amidine groups is 1. The molecular weight excluding hydrogens is 420 g/mol. The van der Waals surface area contributed by atoms with E-state index in [4.69, 9.17) is 9.73 Å². The number of aromatic hydroxyl groups is 1. The number of hydrogen-bond donors (Lipinski definition) is 1. The molecule has 1 heterocycles. The van der Waals surface area contributed by atoms with Crippen molar-refractivity contribution in [1.82, 2.24) is 4.90 Å². The number of para-hydroxylation sites is 1. The van der Waals surface area contributed by atoms with Crippen LogP contribution in [-0.4, -0.2) is 28.2 Å². The van der Waals surface area contributed by atoms with E-state index in [1.807, 2.05) is 86.7 Å². The highest BCUT2D eigenvalue weighted by atomic mass is 32.2. The van der Waals surface area contributed by atoms with Crippen LogP contribution in [0.25, 0.3) is 6.08 Å². The van der Waals surface area contributed by atoms with Crippen molar-refractivity contribution < 1.29 is 14.6 Å². The molecule has 1 fully saturated rings. The lowest BCUT2D eigenvalue weighted by Gasteiger charge is -2.16. The first kappa shape index (κ1) is 21.7. The molecule has 162 valence electrons. The Hall–Kier alpha value is -3.51. The van der Waals surface area contributed by atoms with Crippen LogP contribution >= 0.6 is 11.8 Å². The van der Waals surface area contributed by atoms with E-state index in [9.17, 15) is 9.90 Å². The zero-order chi connectivity index (χ0) is 22.7. The number of phenols is 1. The fourth-order valence-corrected chi connectivity index (χ4v) is 4.48. The monoisotopic (exact) mass is 444 g/mol. The van der Waals surface area contributed by atoms with Gasteiger partial charge in [-0.1, -0.05) is 30.3 Å². The number of amides is 1. The number of aryl methyl sites for hydroxylation is 2. The Morgan fingerprint density at radius 2 is 1.69 bits per heavy atom. The average molecular weight is 445 g/mol. The van der Waals surface area contributed by atoms with E-state index in [1.54, 1.807) is 12.0 Å². The van der Waals surface area contributed by atoms with Gasteiger partial charge in [-0.25, -0.2) is 4.99 Å². The number of ether oxygens (including phenoxy) is 1. The fraction of sp³-hybridized carbons (Fsp3) is 0.154. The highest BCUT2D eigenvalue weighted by molar-refractivity contribution is 8.18. The van der Waals surface area contributed by atoms with Crippen molar-refractivity contribution in [2.75, 3.05) is 7.11 Å². The van der Waals surface area contributed by atoms with Crippen LogP contribution in [0.15, 0.2) is 76.6 Å². The molecule has 0 aromatic heterocycles. The molecule has 1 amide bonds. The number of carbonyl (C=O) groups excluding carboxylic acids is 1. The van der Waals surface area contributed by atoms with Crippen molar-refractivity contribution >= 4 is 34.6 Å². The quantitative estimate of drug-likeness (QED) is 0.504. The lowest BCUT2D eigenvalue weighted by atomic mass is 10.1. The summed E-state index contributed by atoms with van der Waals surface area (Å²) in [5.41, 5.74) is 4.21. The predicted molar refractivity (Wildman–Crippen MR) is 130 cm³/mol. The number of aliphatic imine (C=N–C) groups is 1. The summed E-state index contributed by atoms with van der Waals surface area (Å²) in [6, 6.07) is 21.0. The summed E-state index contributed by atoms with van der Waals surface area (Å²) in [4.78, 5) is 20.4. The summed E-state index contributed by atoms with van der Waals surface area (Å²) in [5, 5.41) is 10.7. The normalized spacial score (nSPS) is 16.2. The Balaban J connectivity index is 1.70. The highest BCUT2D eigenvalue weighted by Crippen LogP contribution is 2.36. The number of thioether (sulfide) groups is 1. The molecule has 0 radical (unpaired) electrons. The van der Waals surface area contributed by atoms with Crippen LogP contribution in [0.2, 0.25) is 0 Å². The summed E-state index contributed by atoms with van der Waals surface area (Å²) >= 11 is 1.36. The van der Waals surface area contributed by atoms with Crippen molar-refractivity contribution in [3.8, 4) is 11.5 Å². The van der Waals surface area contributed by atoms with Crippen molar-refractivity contribution in [1.29, 1.82) is 0 Å². The Bertz CT molecular complexity index is 1180. The number of nitrogens with zero attached hydrogens (tertiary/aromatic N) is 2. The second kappa shape index (κ2) is 9.32. The zero-order valence-corrected chi connectivity index (χ0v) is 19.0. The molecule has 0 atom stereocenters. The van der Waals surface area contributed by atoms with Crippen LogP contribution in [0.5, 0.6) is 11.5 Å². The molecule has 3 aromatic carbocycles. The van der Waals surface area contributed by atoms with Crippen molar-refractivity contribution in [3.05, 3.63) is 93.9 Å². The Labute approximate surface area is 192 Å². The lowest BCUT2D eigenvalue weighted by molar-refractivity contribution is -0.122. The zero-order valence-electron chi connectivity index (χ0n) is 18.2. The smallest absolute Gasteiger partial charge is 0.267 e. The van der Waals surface area contributed by atoms with Crippen molar-refractivity contribution in [3.63, 3.8) is 0 Å². The van der Waals surface area contributed by atoms with Gasteiger partial charge < -0.3 is 9.84 Å². The highest BCUT2D eigenvalue weighted by Gasteiger charge is 2.33. The van der Waals surface area contributed by atoms with Crippen molar-refractivity contribution in [2.24, 2.45) is 4.99 Å². The minimum atomic E-state index is -0.0936. The van der Waals surface area contributed by atoms with Gasteiger partial charge >= 0.3 is 0 Å². The van der Waals surface area contributed by atoms with Crippen LogP contribution < -0.4 is 4.74 Å². The summed E-state index contributed by atoms with van der Waals surface area (Å²) in [5.74, 6) is 0.960. The molecule has 1 aliphatic heterocycles. The Morgan fingerprint density at radius 3 is 2.31 bits per heavy atom. The van der Waals surface area contributed by atoms with Gasteiger partial charge in [0.2, 0.25) is 0 Å². The SMILES string of the molecule is COc1ccc(CN2C(=O)/C(=C/c3cc(C)c(O)c(C)c3)SC2=Nc2ccccc2)cc1. The van der Waals surface area contributed by atoms with E-state index >= 15 is 0 Å². The fourth-order valence-electron chi connectivity index (χ4n) is 3.48. The minimum absolute atomic E-state index is 0.0936. The van der Waals surface area contributed by atoms with Gasteiger partial charge in [-0.2, -0.15) is 0 Å². The summed E-state index contributed by atoms with van der Waals surface area (Å²) in [6.45, 7) is 4.12. The molecule has 1 saturated heterocycles. The average Bonchev–Trinajstić information content (AvgIpc) is 3.07. The van der Waals surface area contributed by atoms with E-state index < -0.39 is 0 Å². The van der Waals surface area contributed by atoms with Gasteiger partial charge in [0.25, 0.3) is 5.91 Å². The first-order valence-electron chi connectivity index (χ1n) is 10.2. The molecule has 0 unspecified atom stereocenters. The number of phenolic OH excluding ortho intramolecular Hbond substituents is 1. The number of hydrogen-bond acceptors (Lipinski definition) is 5. The molecule has 6 heteroatoms. The van der Waals surface area contributed by atoms with Crippen LogP contribution in [0, 0.1) is 13.8 Å². The van der Waals surface area contributed by atoms with Gasteiger partial charge in [0.15, 0.2) is 5.17 Å². The Morgan fingerprint density at radius 1 is 1.03 bits per heavy atom.